The molecule has 0 aliphatic heterocycles. The second-order valence-electron chi connectivity index (χ2n) is 8.53. The summed E-state index contributed by atoms with van der Waals surface area (Å²) in [5.74, 6) is 0.646. The zero-order chi connectivity index (χ0) is 23.5. The average Bonchev–Trinajstić information content (AvgIpc) is 3.22. The van der Waals surface area contributed by atoms with Gasteiger partial charge in [0.2, 0.25) is 5.91 Å². The van der Waals surface area contributed by atoms with E-state index in [0.29, 0.717) is 40.7 Å². The van der Waals surface area contributed by atoms with Crippen LogP contribution in [0.3, 0.4) is 0 Å². The highest BCUT2D eigenvalue weighted by molar-refractivity contribution is 7.18. The number of ether oxygens (including phenoxy) is 3. The molecule has 2 unspecified atom stereocenters. The number of amides is 1. The first-order chi connectivity index (χ1) is 15.9. The third-order valence-corrected chi connectivity index (χ3v) is 7.70. The third-order valence-electron chi connectivity index (χ3n) is 6.54. The van der Waals surface area contributed by atoms with Gasteiger partial charge in [0.1, 0.15) is 10.7 Å². The molecule has 2 aliphatic carbocycles. The number of esters is 1. The Morgan fingerprint density at radius 1 is 1.06 bits per heavy atom. The van der Waals surface area contributed by atoms with Crippen molar-refractivity contribution >= 4 is 34.7 Å². The quantitative estimate of drug-likeness (QED) is 0.575. The molecule has 1 N–H and O–H groups in total. The van der Waals surface area contributed by atoms with Crippen LogP contribution in [0.5, 0.6) is 11.5 Å². The van der Waals surface area contributed by atoms with E-state index in [2.05, 4.69) is 5.32 Å². The van der Waals surface area contributed by atoms with Crippen LogP contribution in [0, 0.1) is 17.8 Å². The SMILES string of the molecule is CCOC(=O)c1sc(-c2ccc(OC)c(OC)c2)cc1NC(=O)C1CC2CCCC(C1)C2=O. The normalized spacial score (nSPS) is 21.9. The Hall–Kier alpha value is -2.87. The molecule has 2 atom stereocenters. The number of nitrogens with one attached hydrogen (secondary N) is 1. The van der Waals surface area contributed by atoms with Crippen LogP contribution < -0.4 is 14.8 Å². The van der Waals surface area contributed by atoms with E-state index in [0.717, 1.165) is 29.7 Å². The predicted octanol–water partition coefficient (Wildman–Crippen LogP) is 4.94. The van der Waals surface area contributed by atoms with E-state index in [1.807, 2.05) is 12.1 Å². The fourth-order valence-corrected chi connectivity index (χ4v) is 5.90. The third kappa shape index (κ3) is 4.76. The molecule has 8 heteroatoms. The maximum absolute atomic E-state index is 13.2. The minimum Gasteiger partial charge on any atom is -0.493 e. The molecule has 1 amide bonds. The van der Waals surface area contributed by atoms with Crippen LogP contribution in [0.15, 0.2) is 24.3 Å². The van der Waals surface area contributed by atoms with Crippen molar-refractivity contribution in [3.05, 3.63) is 29.1 Å². The van der Waals surface area contributed by atoms with Crippen LogP contribution in [0.1, 0.15) is 48.7 Å². The van der Waals surface area contributed by atoms with Gasteiger partial charge in [-0.3, -0.25) is 9.59 Å². The summed E-state index contributed by atoms with van der Waals surface area (Å²) >= 11 is 1.26. The largest absolute Gasteiger partial charge is 0.493 e. The number of anilines is 1. The van der Waals surface area contributed by atoms with Crippen LogP contribution in [0.25, 0.3) is 10.4 Å². The second-order valence-corrected chi connectivity index (χ2v) is 9.58. The molecule has 7 nitrogen and oxygen atoms in total. The Bertz CT molecular complexity index is 1050. The van der Waals surface area contributed by atoms with E-state index >= 15 is 0 Å². The molecule has 33 heavy (non-hydrogen) atoms. The van der Waals surface area contributed by atoms with Gasteiger partial charge >= 0.3 is 5.97 Å². The molecule has 2 aromatic rings. The summed E-state index contributed by atoms with van der Waals surface area (Å²) in [7, 11) is 3.14. The van der Waals surface area contributed by atoms with Crippen molar-refractivity contribution in [2.24, 2.45) is 17.8 Å². The highest BCUT2D eigenvalue weighted by atomic mass is 32.1. The molecule has 2 fully saturated rings. The Labute approximate surface area is 197 Å². The van der Waals surface area contributed by atoms with E-state index < -0.39 is 5.97 Å². The molecule has 1 heterocycles. The van der Waals surface area contributed by atoms with Gasteiger partial charge in [0.05, 0.1) is 26.5 Å². The number of benzene rings is 1. The zero-order valence-electron chi connectivity index (χ0n) is 19.1. The summed E-state index contributed by atoms with van der Waals surface area (Å²) in [6.07, 6.45) is 3.97. The zero-order valence-corrected chi connectivity index (χ0v) is 20.0. The minimum atomic E-state index is -0.472. The summed E-state index contributed by atoms with van der Waals surface area (Å²) in [6.45, 7) is 1.99. The molecule has 0 radical (unpaired) electrons. The number of hydrogen-bond donors (Lipinski definition) is 1. The molecule has 2 saturated carbocycles. The van der Waals surface area contributed by atoms with Gasteiger partial charge in [-0.05, 0) is 62.4 Å². The van der Waals surface area contributed by atoms with Gasteiger partial charge in [0.25, 0.3) is 0 Å². The number of hydrogen-bond acceptors (Lipinski definition) is 7. The molecule has 4 rings (SSSR count). The second kappa shape index (κ2) is 9.95. The Morgan fingerprint density at radius 2 is 1.76 bits per heavy atom. The van der Waals surface area contributed by atoms with Crippen molar-refractivity contribution in [2.75, 3.05) is 26.1 Å². The topological polar surface area (TPSA) is 90.9 Å². The van der Waals surface area contributed by atoms with Crippen molar-refractivity contribution in [2.45, 2.75) is 39.0 Å². The number of methoxy groups -OCH3 is 2. The number of fused-ring (bicyclic) bond motifs is 2. The van der Waals surface area contributed by atoms with Gasteiger partial charge in [-0.2, -0.15) is 0 Å². The smallest absolute Gasteiger partial charge is 0.350 e. The minimum absolute atomic E-state index is 0.0115. The molecule has 0 saturated heterocycles. The van der Waals surface area contributed by atoms with Gasteiger partial charge < -0.3 is 19.5 Å². The summed E-state index contributed by atoms with van der Waals surface area (Å²) < 4.78 is 15.9. The average molecular weight is 472 g/mol. The molecule has 2 aliphatic rings. The highest BCUT2D eigenvalue weighted by Crippen LogP contribution is 2.42. The van der Waals surface area contributed by atoms with E-state index in [1.54, 1.807) is 33.3 Å². The molecular weight excluding hydrogens is 442 g/mol. The van der Waals surface area contributed by atoms with Gasteiger partial charge in [-0.25, -0.2) is 4.79 Å². The van der Waals surface area contributed by atoms with Crippen LogP contribution in [-0.2, 0) is 14.3 Å². The first kappa shape index (κ1) is 23.3. The van der Waals surface area contributed by atoms with Crippen molar-refractivity contribution in [3.8, 4) is 21.9 Å². The summed E-state index contributed by atoms with van der Waals surface area (Å²) in [5.41, 5.74) is 1.27. The van der Waals surface area contributed by atoms with Crippen LogP contribution in [-0.4, -0.2) is 38.5 Å². The summed E-state index contributed by atoms with van der Waals surface area (Å²) in [6, 6.07) is 7.31. The standard InChI is InChI=1S/C25H29NO6S/c1-4-32-25(29)23-18(13-21(33-23)14-8-9-19(30-2)20(12-14)31-3)26-24(28)17-10-15-6-5-7-16(11-17)22(15)27/h8-9,12-13,15-17H,4-7,10-11H2,1-3H3,(H,26,28). The van der Waals surface area contributed by atoms with E-state index in [-0.39, 0.29) is 30.3 Å². The maximum Gasteiger partial charge on any atom is 0.350 e. The molecule has 0 spiro atoms. The first-order valence-electron chi connectivity index (χ1n) is 11.3. The van der Waals surface area contributed by atoms with Gasteiger partial charge in [-0.15, -0.1) is 11.3 Å². The van der Waals surface area contributed by atoms with Crippen LogP contribution in [0.2, 0.25) is 0 Å². The molecule has 176 valence electrons. The molecule has 2 bridgehead atoms. The number of thiophene rings is 1. The van der Waals surface area contributed by atoms with Crippen molar-refractivity contribution < 1.29 is 28.6 Å². The number of carbonyl (C=O) groups excluding carboxylic acids is 3. The Kier molecular flexibility index (Phi) is 7.02. The summed E-state index contributed by atoms with van der Waals surface area (Å²) in [5, 5.41) is 2.97. The number of carbonyl (C=O) groups is 3. The van der Waals surface area contributed by atoms with Crippen molar-refractivity contribution in [1.82, 2.24) is 0 Å². The van der Waals surface area contributed by atoms with Gasteiger partial charge in [0.15, 0.2) is 11.5 Å². The molecule has 1 aromatic heterocycles. The van der Waals surface area contributed by atoms with E-state index in [9.17, 15) is 14.4 Å². The fraction of sp³-hybridized carbons (Fsp3) is 0.480. The lowest BCUT2D eigenvalue weighted by Crippen LogP contribution is -2.40. The Morgan fingerprint density at radius 3 is 2.39 bits per heavy atom. The molecule has 1 aromatic carbocycles. The highest BCUT2D eigenvalue weighted by Gasteiger charge is 2.41. The first-order valence-corrected chi connectivity index (χ1v) is 12.1. The predicted molar refractivity (Wildman–Crippen MR) is 126 cm³/mol. The van der Waals surface area contributed by atoms with E-state index in [4.69, 9.17) is 14.2 Å². The summed E-state index contributed by atoms with van der Waals surface area (Å²) in [4.78, 5) is 39.3. The van der Waals surface area contributed by atoms with Crippen molar-refractivity contribution in [1.29, 1.82) is 0 Å². The number of Topliss-reactive ketones (excluding diaryl/α,β-unsaturated/α-hetero) is 1. The molecular formula is C25H29NO6S. The maximum atomic E-state index is 13.2. The van der Waals surface area contributed by atoms with Crippen molar-refractivity contribution in [3.63, 3.8) is 0 Å². The van der Waals surface area contributed by atoms with Crippen LogP contribution in [0.4, 0.5) is 5.69 Å². The number of ketones is 1. The number of rotatable bonds is 7. The van der Waals surface area contributed by atoms with Gasteiger partial charge in [0, 0.05) is 22.6 Å². The lowest BCUT2D eigenvalue weighted by Gasteiger charge is -2.36. The fourth-order valence-electron chi connectivity index (χ4n) is 4.89. The monoisotopic (exact) mass is 471 g/mol. The van der Waals surface area contributed by atoms with Gasteiger partial charge in [-0.1, -0.05) is 6.42 Å². The van der Waals surface area contributed by atoms with Crippen LogP contribution >= 0.6 is 11.3 Å². The lowest BCUT2D eigenvalue weighted by atomic mass is 9.67. The van der Waals surface area contributed by atoms with E-state index in [1.165, 1.54) is 11.3 Å². The lowest BCUT2D eigenvalue weighted by molar-refractivity contribution is -0.136. The Balaban J connectivity index is 1.60.